The number of aryl methyl sites for hydroxylation is 1. The van der Waals surface area contributed by atoms with Crippen molar-refractivity contribution in [1.29, 1.82) is 0 Å². The summed E-state index contributed by atoms with van der Waals surface area (Å²) in [6.45, 7) is 4.89. The van der Waals surface area contributed by atoms with Crippen molar-refractivity contribution in [2.75, 3.05) is 11.9 Å². The first-order chi connectivity index (χ1) is 9.17. The van der Waals surface area contributed by atoms with Gasteiger partial charge in [-0.05, 0) is 41.9 Å². The van der Waals surface area contributed by atoms with Crippen LogP contribution in [-0.4, -0.2) is 21.5 Å². The van der Waals surface area contributed by atoms with E-state index in [1.165, 1.54) is 0 Å². The number of pyridine rings is 1. The standard InChI is InChI=1S/C13H15BrN4S/c1-3-15-11-6-9(2)17-12(18-11)8-19-13-5-4-10(14)7-16-13/h4-7H,3,8H2,1-2H3,(H,15,17,18). The minimum Gasteiger partial charge on any atom is -0.370 e. The molecule has 100 valence electrons. The number of hydrogen-bond acceptors (Lipinski definition) is 5. The van der Waals surface area contributed by atoms with Crippen LogP contribution in [0.3, 0.4) is 0 Å². The number of nitrogens with zero attached hydrogens (tertiary/aromatic N) is 3. The van der Waals surface area contributed by atoms with E-state index in [0.29, 0.717) is 5.75 Å². The number of aromatic nitrogens is 3. The number of hydrogen-bond donors (Lipinski definition) is 1. The lowest BCUT2D eigenvalue weighted by Crippen LogP contribution is -2.04. The summed E-state index contributed by atoms with van der Waals surface area (Å²) >= 11 is 5.01. The lowest BCUT2D eigenvalue weighted by Gasteiger charge is -2.06. The zero-order valence-electron chi connectivity index (χ0n) is 10.9. The predicted molar refractivity (Wildman–Crippen MR) is 82.4 cm³/mol. The van der Waals surface area contributed by atoms with Crippen molar-refractivity contribution >= 4 is 33.5 Å². The fraction of sp³-hybridized carbons (Fsp3) is 0.308. The van der Waals surface area contributed by atoms with Gasteiger partial charge < -0.3 is 5.32 Å². The highest BCUT2D eigenvalue weighted by Crippen LogP contribution is 2.21. The third-order valence-corrected chi connectivity index (χ3v) is 3.72. The third-order valence-electron chi connectivity index (χ3n) is 2.31. The first-order valence-electron chi connectivity index (χ1n) is 6.00. The third kappa shape index (κ3) is 4.47. The summed E-state index contributed by atoms with van der Waals surface area (Å²) in [6.07, 6.45) is 1.80. The molecular weight excluding hydrogens is 324 g/mol. The normalized spacial score (nSPS) is 10.5. The maximum absolute atomic E-state index is 4.48. The van der Waals surface area contributed by atoms with Crippen LogP contribution in [0.5, 0.6) is 0 Å². The monoisotopic (exact) mass is 338 g/mol. The van der Waals surface area contributed by atoms with Gasteiger partial charge in [-0.3, -0.25) is 0 Å². The molecule has 0 saturated carbocycles. The maximum Gasteiger partial charge on any atom is 0.141 e. The quantitative estimate of drug-likeness (QED) is 0.843. The summed E-state index contributed by atoms with van der Waals surface area (Å²) < 4.78 is 0.984. The molecule has 4 nitrogen and oxygen atoms in total. The van der Waals surface area contributed by atoms with Crippen molar-refractivity contribution in [3.8, 4) is 0 Å². The molecule has 0 amide bonds. The molecule has 1 N–H and O–H groups in total. The zero-order chi connectivity index (χ0) is 13.7. The van der Waals surface area contributed by atoms with Gasteiger partial charge in [-0.25, -0.2) is 15.0 Å². The number of thioether (sulfide) groups is 1. The average Bonchev–Trinajstić information content (AvgIpc) is 2.38. The minimum atomic E-state index is 0.717. The molecule has 0 atom stereocenters. The van der Waals surface area contributed by atoms with Gasteiger partial charge in [0.15, 0.2) is 0 Å². The van der Waals surface area contributed by atoms with Gasteiger partial charge in [-0.1, -0.05) is 11.8 Å². The topological polar surface area (TPSA) is 50.7 Å². The highest BCUT2D eigenvalue weighted by atomic mass is 79.9. The van der Waals surface area contributed by atoms with Crippen molar-refractivity contribution in [2.24, 2.45) is 0 Å². The molecule has 0 unspecified atom stereocenters. The molecule has 6 heteroatoms. The van der Waals surface area contributed by atoms with Gasteiger partial charge in [0.2, 0.25) is 0 Å². The molecular formula is C13H15BrN4S. The van der Waals surface area contributed by atoms with E-state index in [1.54, 1.807) is 18.0 Å². The zero-order valence-corrected chi connectivity index (χ0v) is 13.3. The highest BCUT2D eigenvalue weighted by Gasteiger charge is 2.03. The molecule has 0 saturated heterocycles. The molecule has 0 aliphatic carbocycles. The summed E-state index contributed by atoms with van der Waals surface area (Å²) in [5.41, 5.74) is 0.977. The highest BCUT2D eigenvalue weighted by molar-refractivity contribution is 9.10. The Morgan fingerprint density at radius 2 is 2.16 bits per heavy atom. The van der Waals surface area contributed by atoms with Gasteiger partial charge in [0, 0.05) is 29.0 Å². The van der Waals surface area contributed by atoms with Gasteiger partial charge in [0.25, 0.3) is 0 Å². The molecule has 2 aromatic heterocycles. The Bertz CT molecular complexity index is 545. The van der Waals surface area contributed by atoms with Crippen molar-refractivity contribution in [3.63, 3.8) is 0 Å². The van der Waals surface area contributed by atoms with E-state index in [9.17, 15) is 0 Å². The van der Waals surface area contributed by atoms with E-state index in [0.717, 1.165) is 33.4 Å². The SMILES string of the molecule is CCNc1cc(C)nc(CSc2ccc(Br)cn2)n1. The van der Waals surface area contributed by atoms with Crippen molar-refractivity contribution in [3.05, 3.63) is 40.4 Å². The first-order valence-corrected chi connectivity index (χ1v) is 7.78. The molecule has 0 aliphatic heterocycles. The van der Waals surface area contributed by atoms with Gasteiger partial charge >= 0.3 is 0 Å². The van der Waals surface area contributed by atoms with E-state index < -0.39 is 0 Å². The molecule has 0 fully saturated rings. The number of nitrogens with one attached hydrogen (secondary N) is 1. The van der Waals surface area contributed by atoms with Crippen LogP contribution >= 0.6 is 27.7 Å². The largest absolute Gasteiger partial charge is 0.370 e. The van der Waals surface area contributed by atoms with Crippen molar-refractivity contribution in [2.45, 2.75) is 24.6 Å². The molecule has 0 bridgehead atoms. The van der Waals surface area contributed by atoms with E-state index in [2.05, 4.69) is 43.1 Å². The number of rotatable bonds is 5. The lowest BCUT2D eigenvalue weighted by atomic mass is 10.4. The second-order valence-electron chi connectivity index (χ2n) is 3.94. The van der Waals surface area contributed by atoms with E-state index in [4.69, 9.17) is 0 Å². The first kappa shape index (κ1) is 14.3. The van der Waals surface area contributed by atoms with Crippen LogP contribution < -0.4 is 5.32 Å². The van der Waals surface area contributed by atoms with Crippen LogP contribution in [0.1, 0.15) is 18.4 Å². The molecule has 0 aliphatic rings. The Hall–Kier alpha value is -1.14. The minimum absolute atomic E-state index is 0.717. The van der Waals surface area contributed by atoms with Gasteiger partial charge in [0.1, 0.15) is 11.6 Å². The van der Waals surface area contributed by atoms with Gasteiger partial charge in [-0.15, -0.1) is 0 Å². The van der Waals surface area contributed by atoms with Gasteiger partial charge in [-0.2, -0.15) is 0 Å². The second kappa shape index (κ2) is 6.86. The Balaban J connectivity index is 2.04. The number of anilines is 1. The Morgan fingerprint density at radius 1 is 1.32 bits per heavy atom. The van der Waals surface area contributed by atoms with Crippen LogP contribution in [-0.2, 0) is 5.75 Å². The summed E-state index contributed by atoms with van der Waals surface area (Å²) in [6, 6.07) is 5.92. The average molecular weight is 339 g/mol. The fourth-order valence-electron chi connectivity index (χ4n) is 1.55. The summed E-state index contributed by atoms with van der Waals surface area (Å²) in [4.78, 5) is 13.2. The Labute approximate surface area is 125 Å². The molecule has 2 aromatic rings. The maximum atomic E-state index is 4.48. The van der Waals surface area contributed by atoms with Crippen LogP contribution in [0.25, 0.3) is 0 Å². The Kier molecular flexibility index (Phi) is 5.15. The van der Waals surface area contributed by atoms with Gasteiger partial charge in [0.05, 0.1) is 10.8 Å². The fourth-order valence-corrected chi connectivity index (χ4v) is 2.48. The van der Waals surface area contributed by atoms with E-state index >= 15 is 0 Å². The molecule has 0 aromatic carbocycles. The molecule has 0 radical (unpaired) electrons. The summed E-state index contributed by atoms with van der Waals surface area (Å²) in [5.74, 6) is 2.43. The van der Waals surface area contributed by atoms with Crippen LogP contribution in [0.15, 0.2) is 33.9 Å². The molecule has 2 heterocycles. The van der Waals surface area contributed by atoms with E-state index in [1.807, 2.05) is 25.1 Å². The lowest BCUT2D eigenvalue weighted by molar-refractivity contribution is 0.983. The summed E-state index contributed by atoms with van der Waals surface area (Å²) in [5, 5.41) is 4.18. The Morgan fingerprint density at radius 3 is 2.84 bits per heavy atom. The second-order valence-corrected chi connectivity index (χ2v) is 5.86. The molecule has 0 spiro atoms. The predicted octanol–water partition coefficient (Wildman–Crippen LogP) is 3.67. The smallest absolute Gasteiger partial charge is 0.141 e. The summed E-state index contributed by atoms with van der Waals surface area (Å²) in [7, 11) is 0. The van der Waals surface area contributed by atoms with Crippen molar-refractivity contribution in [1.82, 2.24) is 15.0 Å². The number of halogens is 1. The van der Waals surface area contributed by atoms with E-state index in [-0.39, 0.29) is 0 Å². The van der Waals surface area contributed by atoms with Crippen LogP contribution in [0, 0.1) is 6.92 Å². The molecule has 19 heavy (non-hydrogen) atoms. The molecule has 2 rings (SSSR count). The van der Waals surface area contributed by atoms with Crippen molar-refractivity contribution < 1.29 is 0 Å². The van der Waals surface area contributed by atoms with Crippen LogP contribution in [0.2, 0.25) is 0 Å². The van der Waals surface area contributed by atoms with Crippen LogP contribution in [0.4, 0.5) is 5.82 Å².